The van der Waals surface area contributed by atoms with Crippen molar-refractivity contribution in [1.82, 2.24) is 0 Å². The maximum Gasteiger partial charge on any atom is 0.0676 e. The fourth-order valence-corrected chi connectivity index (χ4v) is 2.30. The number of hydrogen-bond donors (Lipinski definition) is 1. The molecule has 1 heteroatoms. The smallest absolute Gasteiger partial charge is 0.0676 e. The second-order valence-corrected chi connectivity index (χ2v) is 4.72. The Kier molecular flexibility index (Phi) is 3.11. The van der Waals surface area contributed by atoms with Crippen LogP contribution in [0.1, 0.15) is 38.2 Å². The van der Waals surface area contributed by atoms with Gasteiger partial charge >= 0.3 is 0 Å². The molecule has 1 unspecified atom stereocenters. The minimum Gasteiger partial charge on any atom is -0.390 e. The van der Waals surface area contributed by atoms with Crippen molar-refractivity contribution < 1.29 is 5.11 Å². The van der Waals surface area contributed by atoms with E-state index in [0.29, 0.717) is 5.92 Å². The third-order valence-corrected chi connectivity index (χ3v) is 3.64. The zero-order chi connectivity index (χ0) is 10.7. The Morgan fingerprint density at radius 2 is 1.93 bits per heavy atom. The van der Waals surface area contributed by atoms with Gasteiger partial charge in [-0.3, -0.25) is 0 Å². The Morgan fingerprint density at radius 1 is 1.27 bits per heavy atom. The lowest BCUT2D eigenvalue weighted by atomic mass is 9.88. The Bertz CT molecular complexity index is 302. The number of aliphatic hydroxyl groups is 1. The van der Waals surface area contributed by atoms with Crippen LogP contribution in [-0.4, -0.2) is 10.7 Å². The lowest BCUT2D eigenvalue weighted by Crippen LogP contribution is -2.31. The summed E-state index contributed by atoms with van der Waals surface area (Å²) in [5.41, 5.74) is 0.945. The third kappa shape index (κ3) is 2.60. The molecular formula is C14H20O. The minimum atomic E-state index is -0.393. The fourth-order valence-electron chi connectivity index (χ4n) is 2.30. The van der Waals surface area contributed by atoms with E-state index in [1.54, 1.807) is 0 Å². The molecule has 1 aromatic carbocycles. The van der Waals surface area contributed by atoms with Gasteiger partial charge in [0.15, 0.2) is 0 Å². The second kappa shape index (κ2) is 4.36. The molecule has 1 fully saturated rings. The molecule has 0 spiro atoms. The van der Waals surface area contributed by atoms with Crippen molar-refractivity contribution in [3.63, 3.8) is 0 Å². The predicted molar refractivity (Wildman–Crippen MR) is 62.7 cm³/mol. The standard InChI is InChI=1S/C14H20O/c1-2-14(15,13-8-9-13)11-10-12-6-4-3-5-7-12/h3-7,13,15H,2,8-11H2,1H3. The van der Waals surface area contributed by atoms with Crippen molar-refractivity contribution >= 4 is 0 Å². The van der Waals surface area contributed by atoms with Gasteiger partial charge in [-0.05, 0) is 43.6 Å². The summed E-state index contributed by atoms with van der Waals surface area (Å²) in [6.45, 7) is 2.10. The van der Waals surface area contributed by atoms with Crippen LogP contribution in [0, 0.1) is 5.92 Å². The van der Waals surface area contributed by atoms with E-state index < -0.39 is 5.60 Å². The zero-order valence-electron chi connectivity index (χ0n) is 9.45. The van der Waals surface area contributed by atoms with Crippen molar-refractivity contribution in [1.29, 1.82) is 0 Å². The quantitative estimate of drug-likeness (QED) is 0.781. The van der Waals surface area contributed by atoms with Gasteiger partial charge in [0.05, 0.1) is 5.60 Å². The molecule has 0 aliphatic heterocycles. The molecule has 1 aliphatic carbocycles. The Balaban J connectivity index is 1.91. The molecule has 0 saturated heterocycles. The molecule has 1 saturated carbocycles. The van der Waals surface area contributed by atoms with Crippen LogP contribution < -0.4 is 0 Å². The average molecular weight is 204 g/mol. The van der Waals surface area contributed by atoms with Crippen LogP contribution in [0.2, 0.25) is 0 Å². The van der Waals surface area contributed by atoms with Crippen LogP contribution in [-0.2, 0) is 6.42 Å². The largest absolute Gasteiger partial charge is 0.390 e. The first-order valence-electron chi connectivity index (χ1n) is 6.01. The third-order valence-electron chi connectivity index (χ3n) is 3.64. The van der Waals surface area contributed by atoms with Gasteiger partial charge < -0.3 is 5.11 Å². The summed E-state index contributed by atoms with van der Waals surface area (Å²) in [7, 11) is 0. The SMILES string of the molecule is CCC(O)(CCc1ccccc1)C1CC1. The molecular weight excluding hydrogens is 184 g/mol. The van der Waals surface area contributed by atoms with E-state index >= 15 is 0 Å². The Labute approximate surface area is 92.1 Å². The van der Waals surface area contributed by atoms with Gasteiger partial charge in [0.2, 0.25) is 0 Å². The van der Waals surface area contributed by atoms with Gasteiger partial charge in [-0.1, -0.05) is 37.3 Å². The summed E-state index contributed by atoms with van der Waals surface area (Å²) in [5, 5.41) is 10.4. The Hall–Kier alpha value is -0.820. The van der Waals surface area contributed by atoms with E-state index in [0.717, 1.165) is 19.3 Å². The van der Waals surface area contributed by atoms with E-state index in [9.17, 15) is 5.11 Å². The fraction of sp³-hybridized carbons (Fsp3) is 0.571. The molecule has 0 heterocycles. The minimum absolute atomic E-state index is 0.393. The molecule has 1 atom stereocenters. The molecule has 0 radical (unpaired) electrons. The van der Waals surface area contributed by atoms with E-state index in [2.05, 4.69) is 31.2 Å². The summed E-state index contributed by atoms with van der Waals surface area (Å²) in [4.78, 5) is 0. The monoisotopic (exact) mass is 204 g/mol. The summed E-state index contributed by atoms with van der Waals surface area (Å²) >= 11 is 0. The molecule has 0 aromatic heterocycles. The predicted octanol–water partition coefficient (Wildman–Crippen LogP) is 3.17. The van der Waals surface area contributed by atoms with Crippen molar-refractivity contribution in [2.45, 2.75) is 44.6 Å². The van der Waals surface area contributed by atoms with E-state index in [4.69, 9.17) is 0 Å². The first-order valence-corrected chi connectivity index (χ1v) is 6.01. The zero-order valence-corrected chi connectivity index (χ0v) is 9.45. The maximum atomic E-state index is 10.4. The van der Waals surface area contributed by atoms with Gasteiger partial charge in [-0.2, -0.15) is 0 Å². The van der Waals surface area contributed by atoms with Crippen molar-refractivity contribution in [3.05, 3.63) is 35.9 Å². The summed E-state index contributed by atoms with van der Waals surface area (Å²) < 4.78 is 0. The molecule has 0 bridgehead atoms. The molecule has 0 amide bonds. The molecule has 1 aromatic rings. The molecule has 1 aliphatic rings. The molecule has 2 rings (SSSR count). The van der Waals surface area contributed by atoms with E-state index in [1.807, 2.05) is 6.07 Å². The number of hydrogen-bond acceptors (Lipinski definition) is 1. The highest BCUT2D eigenvalue weighted by molar-refractivity contribution is 5.15. The van der Waals surface area contributed by atoms with Gasteiger partial charge in [0.1, 0.15) is 0 Å². The summed E-state index contributed by atoms with van der Waals surface area (Å²) in [5.74, 6) is 0.575. The lowest BCUT2D eigenvalue weighted by Gasteiger charge is -2.26. The first-order chi connectivity index (χ1) is 7.24. The number of rotatable bonds is 5. The van der Waals surface area contributed by atoms with Crippen molar-refractivity contribution in [2.24, 2.45) is 5.92 Å². The normalized spacial score (nSPS) is 19.9. The highest BCUT2D eigenvalue weighted by Gasteiger charge is 2.41. The van der Waals surface area contributed by atoms with Crippen LogP contribution in [0.4, 0.5) is 0 Å². The summed E-state index contributed by atoms with van der Waals surface area (Å²) in [6, 6.07) is 10.5. The van der Waals surface area contributed by atoms with Crippen molar-refractivity contribution in [3.8, 4) is 0 Å². The van der Waals surface area contributed by atoms with E-state index in [-0.39, 0.29) is 0 Å². The van der Waals surface area contributed by atoms with Gasteiger partial charge in [0, 0.05) is 0 Å². The lowest BCUT2D eigenvalue weighted by molar-refractivity contribution is 0.00548. The molecule has 1 N–H and O–H groups in total. The average Bonchev–Trinajstić information content (AvgIpc) is 3.11. The van der Waals surface area contributed by atoms with Crippen LogP contribution in [0.3, 0.4) is 0 Å². The van der Waals surface area contributed by atoms with E-state index in [1.165, 1.54) is 18.4 Å². The molecule has 1 nitrogen and oxygen atoms in total. The Morgan fingerprint density at radius 3 is 2.47 bits per heavy atom. The maximum absolute atomic E-state index is 10.4. The topological polar surface area (TPSA) is 20.2 Å². The molecule has 82 valence electrons. The highest BCUT2D eigenvalue weighted by Crippen LogP contribution is 2.43. The number of benzene rings is 1. The van der Waals surface area contributed by atoms with Gasteiger partial charge in [0.25, 0.3) is 0 Å². The first kappa shape index (κ1) is 10.7. The highest BCUT2D eigenvalue weighted by atomic mass is 16.3. The second-order valence-electron chi connectivity index (χ2n) is 4.72. The van der Waals surface area contributed by atoms with Crippen LogP contribution >= 0.6 is 0 Å². The van der Waals surface area contributed by atoms with Gasteiger partial charge in [-0.15, -0.1) is 0 Å². The van der Waals surface area contributed by atoms with Crippen LogP contribution in [0.15, 0.2) is 30.3 Å². The number of aryl methyl sites for hydroxylation is 1. The van der Waals surface area contributed by atoms with Crippen LogP contribution in [0.25, 0.3) is 0 Å². The van der Waals surface area contributed by atoms with Crippen molar-refractivity contribution in [2.75, 3.05) is 0 Å². The molecule has 15 heavy (non-hydrogen) atoms. The summed E-state index contributed by atoms with van der Waals surface area (Å²) in [6.07, 6.45) is 5.25. The van der Waals surface area contributed by atoms with Gasteiger partial charge in [-0.25, -0.2) is 0 Å². The van der Waals surface area contributed by atoms with Crippen LogP contribution in [0.5, 0.6) is 0 Å².